The summed E-state index contributed by atoms with van der Waals surface area (Å²) >= 11 is 13.4. The summed E-state index contributed by atoms with van der Waals surface area (Å²) in [6.45, 7) is 4.33. The zero-order valence-corrected chi connectivity index (χ0v) is 20.2. The molecule has 0 saturated heterocycles. The monoisotopic (exact) mass is 498 g/mol. The number of amides is 2. The second-order valence-electron chi connectivity index (χ2n) is 7.22. The van der Waals surface area contributed by atoms with Crippen molar-refractivity contribution in [1.82, 2.24) is 0 Å². The topological polar surface area (TPSA) is 58.6 Å². The van der Waals surface area contributed by atoms with Crippen LogP contribution in [0, 0.1) is 6.92 Å². The van der Waals surface area contributed by atoms with Crippen LogP contribution < -0.4 is 15.0 Å². The number of rotatable bonds is 7. The highest BCUT2D eigenvalue weighted by Crippen LogP contribution is 2.40. The molecule has 0 atom stereocenters. The molecule has 0 saturated carbocycles. The van der Waals surface area contributed by atoms with Gasteiger partial charge in [0.2, 0.25) is 0 Å². The van der Waals surface area contributed by atoms with Gasteiger partial charge in [-0.3, -0.25) is 9.59 Å². The number of aryl methyl sites for hydroxylation is 1. The van der Waals surface area contributed by atoms with Gasteiger partial charge >= 0.3 is 0 Å². The first-order chi connectivity index (χ1) is 15.9. The van der Waals surface area contributed by atoms with Crippen molar-refractivity contribution in [3.8, 4) is 5.75 Å². The third kappa shape index (κ3) is 4.88. The maximum Gasteiger partial charge on any atom is 0.283 e. The fraction of sp³-hybridized carbons (Fsp3) is 0.120. The molecule has 0 aliphatic carbocycles. The van der Waals surface area contributed by atoms with E-state index in [4.69, 9.17) is 27.9 Å². The van der Waals surface area contributed by atoms with Crippen LogP contribution in [0.4, 0.5) is 11.4 Å². The highest BCUT2D eigenvalue weighted by Gasteiger charge is 2.40. The summed E-state index contributed by atoms with van der Waals surface area (Å²) in [7, 11) is 0. The Labute approximate surface area is 206 Å². The number of imide groups is 1. The van der Waals surface area contributed by atoms with E-state index in [-0.39, 0.29) is 15.6 Å². The first-order valence-corrected chi connectivity index (χ1v) is 11.8. The van der Waals surface area contributed by atoms with Gasteiger partial charge < -0.3 is 10.1 Å². The highest BCUT2D eigenvalue weighted by molar-refractivity contribution is 8.04. The van der Waals surface area contributed by atoms with Crippen LogP contribution in [0.1, 0.15) is 12.5 Å². The van der Waals surface area contributed by atoms with E-state index in [1.807, 2.05) is 50.2 Å². The Kier molecular flexibility index (Phi) is 6.98. The molecule has 0 fully saturated rings. The molecule has 8 heteroatoms. The number of hydrogen-bond acceptors (Lipinski definition) is 5. The fourth-order valence-corrected chi connectivity index (χ4v) is 4.50. The molecule has 3 aromatic carbocycles. The Balaban J connectivity index is 1.77. The Morgan fingerprint density at radius 2 is 1.67 bits per heavy atom. The minimum atomic E-state index is -0.487. The van der Waals surface area contributed by atoms with E-state index in [1.165, 1.54) is 17.8 Å². The van der Waals surface area contributed by atoms with E-state index >= 15 is 0 Å². The normalized spacial score (nSPS) is 13.6. The number of ether oxygens (including phenoxy) is 1. The lowest BCUT2D eigenvalue weighted by molar-refractivity contribution is -0.120. The molecule has 0 bridgehead atoms. The third-order valence-corrected chi connectivity index (χ3v) is 6.72. The number of benzene rings is 3. The molecule has 2 amide bonds. The van der Waals surface area contributed by atoms with Gasteiger partial charge in [-0.05, 0) is 56.3 Å². The molecule has 3 aromatic rings. The number of halogens is 2. The summed E-state index contributed by atoms with van der Waals surface area (Å²) in [5.74, 6) is -0.347. The molecule has 0 radical (unpaired) electrons. The summed E-state index contributed by atoms with van der Waals surface area (Å²) in [5, 5.41) is 3.74. The van der Waals surface area contributed by atoms with Gasteiger partial charge in [0.1, 0.15) is 16.4 Å². The zero-order valence-electron chi connectivity index (χ0n) is 17.9. The summed E-state index contributed by atoms with van der Waals surface area (Å²) < 4.78 is 5.68. The average Bonchev–Trinajstić information content (AvgIpc) is 3.02. The van der Waals surface area contributed by atoms with Crippen molar-refractivity contribution in [2.75, 3.05) is 16.8 Å². The summed E-state index contributed by atoms with van der Waals surface area (Å²) in [6, 6.07) is 19.7. The van der Waals surface area contributed by atoms with Crippen LogP contribution in [0.25, 0.3) is 0 Å². The van der Waals surface area contributed by atoms with Crippen molar-refractivity contribution in [2.45, 2.75) is 18.7 Å². The van der Waals surface area contributed by atoms with E-state index in [0.29, 0.717) is 28.8 Å². The molecular formula is C25H20Cl2N2O3S. The van der Waals surface area contributed by atoms with E-state index in [9.17, 15) is 9.59 Å². The van der Waals surface area contributed by atoms with Crippen LogP contribution in [0.2, 0.25) is 10.0 Å². The van der Waals surface area contributed by atoms with Gasteiger partial charge in [0, 0.05) is 4.90 Å². The quantitative estimate of drug-likeness (QED) is 0.367. The summed E-state index contributed by atoms with van der Waals surface area (Å²) in [5.41, 5.74) is 2.21. The van der Waals surface area contributed by atoms with Gasteiger partial charge in [-0.2, -0.15) is 0 Å². The predicted molar refractivity (Wildman–Crippen MR) is 134 cm³/mol. The number of carbonyl (C=O) groups excluding carboxylic acids is 2. The molecule has 168 valence electrons. The van der Waals surface area contributed by atoms with E-state index in [1.54, 1.807) is 24.3 Å². The van der Waals surface area contributed by atoms with Gasteiger partial charge in [-0.25, -0.2) is 4.90 Å². The Hall–Kier alpha value is -2.93. The van der Waals surface area contributed by atoms with Crippen molar-refractivity contribution in [3.63, 3.8) is 0 Å². The molecule has 1 aliphatic heterocycles. The van der Waals surface area contributed by atoms with Crippen molar-refractivity contribution < 1.29 is 14.3 Å². The molecule has 4 rings (SSSR count). The maximum absolute atomic E-state index is 13.5. The van der Waals surface area contributed by atoms with Crippen LogP contribution in [0.5, 0.6) is 5.75 Å². The summed E-state index contributed by atoms with van der Waals surface area (Å²) in [4.78, 5) is 29.2. The minimum absolute atomic E-state index is 0.170. The maximum atomic E-state index is 13.5. The van der Waals surface area contributed by atoms with Crippen LogP contribution in [0.15, 0.2) is 82.2 Å². The Bertz CT molecular complexity index is 1260. The number of para-hydroxylation sites is 2. The van der Waals surface area contributed by atoms with Crippen LogP contribution in [-0.4, -0.2) is 18.4 Å². The molecule has 0 unspecified atom stereocenters. The molecular weight excluding hydrogens is 479 g/mol. The minimum Gasteiger partial charge on any atom is -0.492 e. The van der Waals surface area contributed by atoms with Gasteiger partial charge in [0.15, 0.2) is 0 Å². The van der Waals surface area contributed by atoms with Gasteiger partial charge in [0.05, 0.1) is 28.0 Å². The van der Waals surface area contributed by atoms with Gasteiger partial charge in [0.25, 0.3) is 11.8 Å². The SMILES string of the molecule is CCOc1ccccc1NC1=C(Sc2ccc(C)cc2)C(=O)N(c2ccc(Cl)c(Cl)c2)C1=O. The Morgan fingerprint density at radius 1 is 0.939 bits per heavy atom. The van der Waals surface area contributed by atoms with Crippen molar-refractivity contribution >= 4 is 58.2 Å². The highest BCUT2D eigenvalue weighted by atomic mass is 35.5. The number of carbonyl (C=O) groups is 2. The lowest BCUT2D eigenvalue weighted by Gasteiger charge is -2.16. The van der Waals surface area contributed by atoms with Gasteiger partial charge in [-0.1, -0.05) is 64.8 Å². The summed E-state index contributed by atoms with van der Waals surface area (Å²) in [6.07, 6.45) is 0. The molecule has 5 nitrogen and oxygen atoms in total. The smallest absolute Gasteiger partial charge is 0.283 e. The molecule has 0 aromatic heterocycles. The third-order valence-electron chi connectivity index (χ3n) is 4.89. The first-order valence-electron chi connectivity index (χ1n) is 10.2. The fourth-order valence-electron chi connectivity index (χ4n) is 3.28. The van der Waals surface area contributed by atoms with Crippen molar-refractivity contribution in [1.29, 1.82) is 0 Å². The van der Waals surface area contributed by atoms with Gasteiger partial charge in [-0.15, -0.1) is 0 Å². The Morgan fingerprint density at radius 3 is 2.36 bits per heavy atom. The van der Waals surface area contributed by atoms with E-state index in [0.717, 1.165) is 15.4 Å². The number of nitrogens with zero attached hydrogens (tertiary/aromatic N) is 1. The lowest BCUT2D eigenvalue weighted by atomic mass is 10.2. The number of hydrogen-bond donors (Lipinski definition) is 1. The van der Waals surface area contributed by atoms with E-state index in [2.05, 4.69) is 5.32 Å². The van der Waals surface area contributed by atoms with Crippen molar-refractivity contribution in [2.24, 2.45) is 0 Å². The number of nitrogens with one attached hydrogen (secondary N) is 1. The lowest BCUT2D eigenvalue weighted by Crippen LogP contribution is -2.32. The molecule has 1 heterocycles. The molecule has 1 aliphatic rings. The largest absolute Gasteiger partial charge is 0.492 e. The first kappa shape index (κ1) is 23.2. The zero-order chi connectivity index (χ0) is 23.5. The van der Waals surface area contributed by atoms with Crippen LogP contribution in [0.3, 0.4) is 0 Å². The molecule has 33 heavy (non-hydrogen) atoms. The number of anilines is 2. The van der Waals surface area contributed by atoms with Crippen molar-refractivity contribution in [3.05, 3.63) is 92.9 Å². The second-order valence-corrected chi connectivity index (χ2v) is 9.12. The van der Waals surface area contributed by atoms with Crippen LogP contribution in [-0.2, 0) is 9.59 Å². The average molecular weight is 499 g/mol. The number of thioether (sulfide) groups is 1. The van der Waals surface area contributed by atoms with E-state index < -0.39 is 11.8 Å². The standard InChI is InChI=1S/C25H20Cl2N2O3S/c1-3-32-21-7-5-4-6-20(21)28-22-23(33-17-11-8-15(2)9-12-17)25(31)29(24(22)30)16-10-13-18(26)19(27)14-16/h4-14,28H,3H2,1-2H3. The molecule has 1 N–H and O–H groups in total. The predicted octanol–water partition coefficient (Wildman–Crippen LogP) is 6.69. The second kappa shape index (κ2) is 9.91. The van der Waals surface area contributed by atoms with Crippen LogP contribution >= 0.6 is 35.0 Å². The molecule has 0 spiro atoms.